The molecule has 0 aromatic rings. The number of rotatable bonds is 7. The molecule has 0 saturated heterocycles. The van der Waals surface area contributed by atoms with E-state index >= 15 is 0 Å². The summed E-state index contributed by atoms with van der Waals surface area (Å²) in [6.07, 6.45) is 5.88. The van der Waals surface area contributed by atoms with Crippen LogP contribution in [0.4, 0.5) is 0 Å². The number of nitrogens with zero attached hydrogens (tertiary/aromatic N) is 1. The van der Waals surface area contributed by atoms with Gasteiger partial charge in [-0.05, 0) is 31.6 Å². The highest BCUT2D eigenvalue weighted by Crippen LogP contribution is 2.34. The van der Waals surface area contributed by atoms with Crippen molar-refractivity contribution in [2.75, 3.05) is 19.6 Å². The molecule has 2 heteroatoms. The molecule has 0 spiro atoms. The van der Waals surface area contributed by atoms with E-state index in [-0.39, 0.29) is 0 Å². The molecule has 0 heterocycles. The normalized spacial score (nSPS) is 22.3. The smallest absolute Gasteiger partial charge is 0.0110 e. The van der Waals surface area contributed by atoms with Gasteiger partial charge in [-0.1, -0.05) is 13.8 Å². The zero-order valence-corrected chi connectivity index (χ0v) is 9.63. The predicted molar refractivity (Wildman–Crippen MR) is 60.5 cm³/mol. The Bertz CT molecular complexity index is 171. The Labute approximate surface area is 88.1 Å². The second-order valence-corrected chi connectivity index (χ2v) is 5.28. The van der Waals surface area contributed by atoms with E-state index in [2.05, 4.69) is 24.1 Å². The molecule has 2 rings (SSSR count). The van der Waals surface area contributed by atoms with Crippen LogP contribution in [0.25, 0.3) is 0 Å². The topological polar surface area (TPSA) is 15.3 Å². The van der Waals surface area contributed by atoms with Gasteiger partial charge in [-0.25, -0.2) is 0 Å². The first-order valence-electron chi connectivity index (χ1n) is 6.23. The van der Waals surface area contributed by atoms with Crippen molar-refractivity contribution in [1.82, 2.24) is 10.2 Å². The molecule has 2 nitrogen and oxygen atoms in total. The number of hydrogen-bond donors (Lipinski definition) is 1. The lowest BCUT2D eigenvalue weighted by Crippen LogP contribution is -2.37. The van der Waals surface area contributed by atoms with Gasteiger partial charge in [0.05, 0.1) is 0 Å². The van der Waals surface area contributed by atoms with Crippen molar-refractivity contribution in [2.24, 2.45) is 5.92 Å². The highest BCUT2D eigenvalue weighted by atomic mass is 15.2. The fourth-order valence-electron chi connectivity index (χ4n) is 1.99. The lowest BCUT2D eigenvalue weighted by atomic mass is 10.3. The van der Waals surface area contributed by atoms with Gasteiger partial charge >= 0.3 is 0 Å². The molecule has 2 aliphatic rings. The van der Waals surface area contributed by atoms with Crippen molar-refractivity contribution in [3.05, 3.63) is 0 Å². The first-order chi connectivity index (χ1) is 6.75. The van der Waals surface area contributed by atoms with Crippen molar-refractivity contribution in [1.29, 1.82) is 0 Å². The minimum absolute atomic E-state index is 0.636. The van der Waals surface area contributed by atoms with Gasteiger partial charge in [-0.15, -0.1) is 0 Å². The van der Waals surface area contributed by atoms with Crippen molar-refractivity contribution in [3.63, 3.8) is 0 Å². The fraction of sp³-hybridized carbons (Fsp3) is 1.00. The van der Waals surface area contributed by atoms with Gasteiger partial charge in [0.25, 0.3) is 0 Å². The van der Waals surface area contributed by atoms with E-state index in [4.69, 9.17) is 0 Å². The first-order valence-corrected chi connectivity index (χ1v) is 6.23. The van der Waals surface area contributed by atoms with Crippen molar-refractivity contribution in [3.8, 4) is 0 Å². The Morgan fingerprint density at radius 2 is 1.93 bits per heavy atom. The van der Waals surface area contributed by atoms with Crippen LogP contribution in [-0.4, -0.2) is 36.6 Å². The Hall–Kier alpha value is -0.0800. The molecule has 0 aromatic carbocycles. The third-order valence-electron chi connectivity index (χ3n) is 3.20. The summed E-state index contributed by atoms with van der Waals surface area (Å²) in [4.78, 5) is 2.72. The van der Waals surface area contributed by atoms with Crippen LogP contribution in [-0.2, 0) is 0 Å². The van der Waals surface area contributed by atoms with Gasteiger partial charge in [-0.3, -0.25) is 4.90 Å². The highest BCUT2D eigenvalue weighted by Gasteiger charge is 2.32. The summed E-state index contributed by atoms with van der Waals surface area (Å²) < 4.78 is 0. The summed E-state index contributed by atoms with van der Waals surface area (Å²) in [5, 5.41) is 3.51. The van der Waals surface area contributed by atoms with E-state index in [1.165, 1.54) is 45.3 Å². The summed E-state index contributed by atoms with van der Waals surface area (Å²) in [5.74, 6) is 1.05. The van der Waals surface area contributed by atoms with Gasteiger partial charge in [0.2, 0.25) is 0 Å². The molecule has 0 amide bonds. The number of hydrogen-bond acceptors (Lipinski definition) is 2. The summed E-state index contributed by atoms with van der Waals surface area (Å²) >= 11 is 0. The van der Waals surface area contributed by atoms with Crippen molar-refractivity contribution < 1.29 is 0 Å². The maximum absolute atomic E-state index is 3.51. The second-order valence-electron chi connectivity index (χ2n) is 5.28. The van der Waals surface area contributed by atoms with Crippen LogP contribution in [0.3, 0.4) is 0 Å². The van der Waals surface area contributed by atoms with Crippen LogP contribution in [0.1, 0.15) is 39.5 Å². The molecule has 0 bridgehead atoms. The van der Waals surface area contributed by atoms with Gasteiger partial charge in [0.15, 0.2) is 0 Å². The molecule has 14 heavy (non-hydrogen) atoms. The first kappa shape index (κ1) is 10.4. The molecule has 82 valence electrons. The zero-order chi connectivity index (χ0) is 9.97. The third-order valence-corrected chi connectivity index (χ3v) is 3.20. The maximum Gasteiger partial charge on any atom is 0.0110 e. The lowest BCUT2D eigenvalue weighted by Gasteiger charge is -2.22. The van der Waals surface area contributed by atoms with Crippen molar-refractivity contribution in [2.45, 2.75) is 51.6 Å². The maximum atomic E-state index is 3.51. The second kappa shape index (κ2) is 4.63. The van der Waals surface area contributed by atoms with Gasteiger partial charge < -0.3 is 5.32 Å². The van der Waals surface area contributed by atoms with Crippen LogP contribution >= 0.6 is 0 Å². The molecular formula is C12H24N2. The van der Waals surface area contributed by atoms with Crippen LogP contribution in [0, 0.1) is 5.92 Å². The van der Waals surface area contributed by atoms with Crippen LogP contribution in [0.2, 0.25) is 0 Å². The van der Waals surface area contributed by atoms with E-state index in [0.717, 1.165) is 12.0 Å². The van der Waals surface area contributed by atoms with Gasteiger partial charge in [0.1, 0.15) is 0 Å². The molecule has 0 atom stereocenters. The third kappa shape index (κ3) is 3.58. The van der Waals surface area contributed by atoms with Crippen LogP contribution in [0.5, 0.6) is 0 Å². The molecule has 0 aliphatic heterocycles. The zero-order valence-electron chi connectivity index (χ0n) is 9.63. The molecule has 1 N–H and O–H groups in total. The summed E-state index contributed by atoms with van der Waals surface area (Å²) in [6.45, 7) is 8.26. The van der Waals surface area contributed by atoms with Crippen LogP contribution < -0.4 is 5.32 Å². The molecule has 2 fully saturated rings. The molecule has 0 aromatic heterocycles. The molecule has 0 unspecified atom stereocenters. The molecule has 2 saturated carbocycles. The monoisotopic (exact) mass is 196 g/mol. The highest BCUT2D eigenvalue weighted by molar-refractivity contribution is 4.88. The predicted octanol–water partition coefficient (Wildman–Crippen LogP) is 1.86. The minimum Gasteiger partial charge on any atom is -0.313 e. The van der Waals surface area contributed by atoms with Gasteiger partial charge in [-0.2, -0.15) is 0 Å². The number of nitrogens with one attached hydrogen (secondary N) is 1. The van der Waals surface area contributed by atoms with E-state index < -0.39 is 0 Å². The molecule has 2 aliphatic carbocycles. The minimum atomic E-state index is 0.636. The molecule has 0 radical (unpaired) electrons. The van der Waals surface area contributed by atoms with E-state index in [1.54, 1.807) is 0 Å². The van der Waals surface area contributed by atoms with Crippen molar-refractivity contribution >= 4 is 0 Å². The average Bonchev–Trinajstić information content (AvgIpc) is 2.98. The Morgan fingerprint density at radius 1 is 1.21 bits per heavy atom. The largest absolute Gasteiger partial charge is 0.313 e. The van der Waals surface area contributed by atoms with E-state index in [0.29, 0.717) is 6.04 Å². The Morgan fingerprint density at radius 3 is 2.43 bits per heavy atom. The van der Waals surface area contributed by atoms with E-state index in [1.807, 2.05) is 0 Å². The summed E-state index contributed by atoms with van der Waals surface area (Å²) in [7, 11) is 0. The average molecular weight is 196 g/mol. The van der Waals surface area contributed by atoms with Gasteiger partial charge in [0, 0.05) is 31.7 Å². The lowest BCUT2D eigenvalue weighted by molar-refractivity contribution is 0.250. The standard InChI is InChI=1S/C12H24N2/c1-10(2)13-7-8-14(12-5-6-12)9-11-3-4-11/h10-13H,3-9H2,1-2H3. The summed E-state index contributed by atoms with van der Waals surface area (Å²) in [6, 6.07) is 1.58. The Kier molecular flexibility index (Phi) is 3.45. The van der Waals surface area contributed by atoms with Crippen LogP contribution in [0.15, 0.2) is 0 Å². The fourth-order valence-corrected chi connectivity index (χ4v) is 1.99. The SMILES string of the molecule is CC(C)NCCN(CC1CC1)C1CC1. The van der Waals surface area contributed by atoms with E-state index in [9.17, 15) is 0 Å². The quantitative estimate of drug-likeness (QED) is 0.668. The molecular weight excluding hydrogens is 172 g/mol. The summed E-state index contributed by atoms with van der Waals surface area (Å²) in [5.41, 5.74) is 0. The Balaban J connectivity index is 1.62.